The van der Waals surface area contributed by atoms with Gasteiger partial charge in [-0.3, -0.25) is 0 Å². The molecule has 0 fully saturated rings. The van der Waals surface area contributed by atoms with Crippen LogP contribution in [0.5, 0.6) is 0 Å². The standard InChI is InChI=1S/C11H8BrClN2/c1-7-3-2-4-8(5-7)10-6-9(12)11(13)15-14-10/h2-6H,1H3. The Morgan fingerprint density at radius 1 is 1.20 bits per heavy atom. The van der Waals surface area contributed by atoms with Crippen molar-refractivity contribution in [3.8, 4) is 11.3 Å². The highest BCUT2D eigenvalue weighted by atomic mass is 79.9. The zero-order chi connectivity index (χ0) is 10.8. The lowest BCUT2D eigenvalue weighted by molar-refractivity contribution is 1.03. The van der Waals surface area contributed by atoms with Crippen molar-refractivity contribution in [1.29, 1.82) is 0 Å². The molecule has 0 aliphatic heterocycles. The molecule has 0 amide bonds. The lowest BCUT2D eigenvalue weighted by Crippen LogP contribution is -1.89. The van der Waals surface area contributed by atoms with Crippen molar-refractivity contribution in [2.24, 2.45) is 0 Å². The van der Waals surface area contributed by atoms with E-state index in [1.807, 2.05) is 31.2 Å². The first-order chi connectivity index (χ1) is 7.16. The average molecular weight is 284 g/mol. The predicted molar refractivity (Wildman–Crippen MR) is 64.9 cm³/mol. The summed E-state index contributed by atoms with van der Waals surface area (Å²) in [6.45, 7) is 2.04. The van der Waals surface area contributed by atoms with E-state index in [4.69, 9.17) is 11.6 Å². The third-order valence-electron chi connectivity index (χ3n) is 2.02. The van der Waals surface area contributed by atoms with E-state index in [9.17, 15) is 0 Å². The highest BCUT2D eigenvalue weighted by Crippen LogP contribution is 2.24. The van der Waals surface area contributed by atoms with Gasteiger partial charge in [-0.05, 0) is 35.0 Å². The molecule has 0 radical (unpaired) electrons. The van der Waals surface area contributed by atoms with Crippen LogP contribution in [0.2, 0.25) is 5.15 Å². The Morgan fingerprint density at radius 3 is 2.67 bits per heavy atom. The average Bonchev–Trinajstić information content (AvgIpc) is 2.22. The summed E-state index contributed by atoms with van der Waals surface area (Å²) in [5, 5.41) is 8.27. The lowest BCUT2D eigenvalue weighted by Gasteiger charge is -2.02. The van der Waals surface area contributed by atoms with Gasteiger partial charge in [-0.25, -0.2) is 0 Å². The molecule has 15 heavy (non-hydrogen) atoms. The monoisotopic (exact) mass is 282 g/mol. The SMILES string of the molecule is Cc1cccc(-c2cc(Br)c(Cl)nn2)c1. The van der Waals surface area contributed by atoms with Gasteiger partial charge in [0.05, 0.1) is 10.2 Å². The second kappa shape index (κ2) is 4.29. The predicted octanol–water partition coefficient (Wildman–Crippen LogP) is 3.87. The van der Waals surface area contributed by atoms with Crippen molar-refractivity contribution in [2.75, 3.05) is 0 Å². The third kappa shape index (κ3) is 2.36. The Hall–Kier alpha value is -0.930. The number of rotatable bonds is 1. The van der Waals surface area contributed by atoms with E-state index in [-0.39, 0.29) is 0 Å². The van der Waals surface area contributed by atoms with E-state index in [1.165, 1.54) is 5.56 Å². The second-order valence-corrected chi connectivity index (χ2v) is 4.45. The Kier molecular flexibility index (Phi) is 3.03. The van der Waals surface area contributed by atoms with Gasteiger partial charge in [0.2, 0.25) is 0 Å². The maximum atomic E-state index is 5.78. The lowest BCUT2D eigenvalue weighted by atomic mass is 10.1. The summed E-state index contributed by atoms with van der Waals surface area (Å²) in [4.78, 5) is 0. The highest BCUT2D eigenvalue weighted by molar-refractivity contribution is 9.10. The van der Waals surface area contributed by atoms with Crippen LogP contribution < -0.4 is 0 Å². The molecule has 0 unspecified atom stereocenters. The topological polar surface area (TPSA) is 25.8 Å². The van der Waals surface area contributed by atoms with Crippen molar-refractivity contribution in [1.82, 2.24) is 10.2 Å². The summed E-state index contributed by atoms with van der Waals surface area (Å²) in [5.41, 5.74) is 3.05. The number of benzene rings is 1. The van der Waals surface area contributed by atoms with Gasteiger partial charge in [0, 0.05) is 5.56 Å². The number of aryl methyl sites for hydroxylation is 1. The maximum absolute atomic E-state index is 5.78. The Labute approximate surface area is 101 Å². The van der Waals surface area contributed by atoms with Gasteiger partial charge in [-0.2, -0.15) is 0 Å². The number of hydrogen-bond acceptors (Lipinski definition) is 2. The fourth-order valence-electron chi connectivity index (χ4n) is 1.30. The molecule has 0 bridgehead atoms. The van der Waals surface area contributed by atoms with Crippen LogP contribution in [0.15, 0.2) is 34.8 Å². The van der Waals surface area contributed by atoms with E-state index in [0.29, 0.717) is 5.15 Å². The molecule has 0 saturated carbocycles. The van der Waals surface area contributed by atoms with Gasteiger partial charge in [0.1, 0.15) is 0 Å². The molecular formula is C11H8BrClN2. The molecule has 2 nitrogen and oxygen atoms in total. The molecule has 2 rings (SSSR count). The Balaban J connectivity index is 2.50. The molecule has 1 aromatic carbocycles. The summed E-state index contributed by atoms with van der Waals surface area (Å²) in [5.74, 6) is 0. The summed E-state index contributed by atoms with van der Waals surface area (Å²) in [6.07, 6.45) is 0. The number of nitrogens with zero attached hydrogens (tertiary/aromatic N) is 2. The van der Waals surface area contributed by atoms with Crippen molar-refractivity contribution >= 4 is 27.5 Å². The van der Waals surface area contributed by atoms with Crippen LogP contribution >= 0.6 is 27.5 Å². The van der Waals surface area contributed by atoms with E-state index in [2.05, 4.69) is 32.2 Å². The molecule has 0 aliphatic carbocycles. The molecule has 0 atom stereocenters. The zero-order valence-electron chi connectivity index (χ0n) is 8.04. The first-order valence-electron chi connectivity index (χ1n) is 4.42. The van der Waals surface area contributed by atoms with Gasteiger partial charge in [-0.15, -0.1) is 10.2 Å². The van der Waals surface area contributed by atoms with E-state index < -0.39 is 0 Å². The van der Waals surface area contributed by atoms with Gasteiger partial charge >= 0.3 is 0 Å². The molecular weight excluding hydrogens is 275 g/mol. The van der Waals surface area contributed by atoms with Crippen molar-refractivity contribution < 1.29 is 0 Å². The van der Waals surface area contributed by atoms with Crippen LogP contribution in [0.3, 0.4) is 0 Å². The quantitative estimate of drug-likeness (QED) is 0.794. The Morgan fingerprint density at radius 2 is 2.00 bits per heavy atom. The molecule has 4 heteroatoms. The number of halogens is 2. The molecule has 1 heterocycles. The minimum Gasteiger partial charge on any atom is -0.149 e. The first kappa shape index (κ1) is 10.6. The van der Waals surface area contributed by atoms with E-state index >= 15 is 0 Å². The van der Waals surface area contributed by atoms with Gasteiger partial charge < -0.3 is 0 Å². The van der Waals surface area contributed by atoms with Crippen LogP contribution in [0, 0.1) is 6.92 Å². The van der Waals surface area contributed by atoms with Crippen molar-refractivity contribution in [2.45, 2.75) is 6.92 Å². The first-order valence-corrected chi connectivity index (χ1v) is 5.59. The molecule has 76 valence electrons. The normalized spacial score (nSPS) is 10.3. The molecule has 0 aliphatic rings. The zero-order valence-corrected chi connectivity index (χ0v) is 10.4. The largest absolute Gasteiger partial charge is 0.165 e. The molecule has 2 aromatic rings. The smallest absolute Gasteiger partial charge is 0.149 e. The number of aromatic nitrogens is 2. The summed E-state index contributed by atoms with van der Waals surface area (Å²) in [6, 6.07) is 9.96. The molecule has 0 spiro atoms. The van der Waals surface area contributed by atoms with Crippen LogP contribution in [-0.4, -0.2) is 10.2 Å². The summed E-state index contributed by atoms with van der Waals surface area (Å²) >= 11 is 9.11. The summed E-state index contributed by atoms with van der Waals surface area (Å²) < 4.78 is 0.760. The van der Waals surface area contributed by atoms with Gasteiger partial charge in [0.25, 0.3) is 0 Å². The summed E-state index contributed by atoms with van der Waals surface area (Å²) in [7, 11) is 0. The van der Waals surface area contributed by atoms with E-state index in [1.54, 1.807) is 0 Å². The Bertz CT molecular complexity index is 500. The van der Waals surface area contributed by atoms with Crippen LogP contribution in [0.1, 0.15) is 5.56 Å². The molecule has 0 saturated heterocycles. The third-order valence-corrected chi connectivity index (χ3v) is 3.13. The second-order valence-electron chi connectivity index (χ2n) is 3.24. The van der Waals surface area contributed by atoms with E-state index in [0.717, 1.165) is 15.7 Å². The van der Waals surface area contributed by atoms with Gasteiger partial charge in [-0.1, -0.05) is 35.4 Å². The fourth-order valence-corrected chi connectivity index (χ4v) is 1.69. The van der Waals surface area contributed by atoms with Crippen molar-refractivity contribution in [3.05, 3.63) is 45.5 Å². The van der Waals surface area contributed by atoms with Crippen LogP contribution in [0.4, 0.5) is 0 Å². The van der Waals surface area contributed by atoms with Crippen LogP contribution in [0.25, 0.3) is 11.3 Å². The van der Waals surface area contributed by atoms with Crippen LogP contribution in [-0.2, 0) is 0 Å². The molecule has 0 N–H and O–H groups in total. The highest BCUT2D eigenvalue weighted by Gasteiger charge is 2.04. The molecule has 1 aromatic heterocycles. The minimum atomic E-state index is 0.381. The minimum absolute atomic E-state index is 0.381. The maximum Gasteiger partial charge on any atom is 0.165 e. The number of hydrogen-bond donors (Lipinski definition) is 0. The fraction of sp³-hybridized carbons (Fsp3) is 0.0909. The van der Waals surface area contributed by atoms with Gasteiger partial charge in [0.15, 0.2) is 5.15 Å². The van der Waals surface area contributed by atoms with Crippen molar-refractivity contribution in [3.63, 3.8) is 0 Å².